The lowest BCUT2D eigenvalue weighted by Crippen LogP contribution is -1.93. The maximum Gasteiger partial charge on any atom is 0.183 e. The standard InChI is InChI=1S/C9H12ClNOS/c1-7(2)3-4-12-6-8-5-11-9(10)13-8/h5H,1,3-4,6H2,2H3. The number of halogens is 1. The predicted octanol–water partition coefficient (Wildman–Crippen LogP) is 3.28. The molecular weight excluding hydrogens is 206 g/mol. The number of hydrogen-bond acceptors (Lipinski definition) is 3. The molecule has 0 aliphatic rings. The summed E-state index contributed by atoms with van der Waals surface area (Å²) in [6.45, 7) is 7.09. The summed E-state index contributed by atoms with van der Waals surface area (Å²) in [6, 6.07) is 0. The first kappa shape index (κ1) is 10.7. The number of ether oxygens (including phenoxy) is 1. The Morgan fingerprint density at radius 2 is 2.54 bits per heavy atom. The smallest absolute Gasteiger partial charge is 0.183 e. The maximum atomic E-state index is 5.66. The Morgan fingerprint density at radius 3 is 3.08 bits per heavy atom. The molecule has 1 rings (SSSR count). The lowest BCUT2D eigenvalue weighted by Gasteiger charge is -2.00. The van der Waals surface area contributed by atoms with E-state index in [-0.39, 0.29) is 0 Å². The van der Waals surface area contributed by atoms with Crippen molar-refractivity contribution >= 4 is 22.9 Å². The predicted molar refractivity (Wildman–Crippen MR) is 56.2 cm³/mol. The summed E-state index contributed by atoms with van der Waals surface area (Å²) in [5.41, 5.74) is 1.14. The molecule has 0 aliphatic carbocycles. The zero-order chi connectivity index (χ0) is 9.68. The van der Waals surface area contributed by atoms with Crippen LogP contribution >= 0.6 is 22.9 Å². The molecule has 4 heteroatoms. The minimum Gasteiger partial charge on any atom is -0.376 e. The zero-order valence-corrected chi connectivity index (χ0v) is 9.12. The van der Waals surface area contributed by atoms with Gasteiger partial charge in [-0.05, 0) is 13.3 Å². The number of thiazole rings is 1. The minimum atomic E-state index is 0.568. The van der Waals surface area contributed by atoms with Crippen LogP contribution in [-0.2, 0) is 11.3 Å². The second-order valence-corrected chi connectivity index (χ2v) is 4.54. The van der Waals surface area contributed by atoms with Gasteiger partial charge in [-0.3, -0.25) is 0 Å². The molecule has 0 fully saturated rings. The van der Waals surface area contributed by atoms with Crippen LogP contribution in [0.15, 0.2) is 18.3 Å². The summed E-state index contributed by atoms with van der Waals surface area (Å²) in [5.74, 6) is 0. The van der Waals surface area contributed by atoms with Gasteiger partial charge in [0.25, 0.3) is 0 Å². The largest absolute Gasteiger partial charge is 0.376 e. The lowest BCUT2D eigenvalue weighted by molar-refractivity contribution is 0.126. The molecule has 13 heavy (non-hydrogen) atoms. The van der Waals surface area contributed by atoms with Crippen molar-refractivity contribution in [3.63, 3.8) is 0 Å². The first-order chi connectivity index (χ1) is 6.18. The summed E-state index contributed by atoms with van der Waals surface area (Å²) < 4.78 is 5.96. The fourth-order valence-electron chi connectivity index (χ4n) is 0.770. The van der Waals surface area contributed by atoms with E-state index in [2.05, 4.69) is 11.6 Å². The van der Waals surface area contributed by atoms with Crippen LogP contribution in [0.1, 0.15) is 18.2 Å². The molecule has 1 heterocycles. The number of aromatic nitrogens is 1. The molecule has 0 bridgehead atoms. The van der Waals surface area contributed by atoms with Crippen molar-refractivity contribution in [2.24, 2.45) is 0 Å². The Labute approximate surface area is 87.2 Å². The number of rotatable bonds is 5. The van der Waals surface area contributed by atoms with Gasteiger partial charge in [-0.2, -0.15) is 0 Å². The van der Waals surface area contributed by atoms with Gasteiger partial charge in [0, 0.05) is 6.20 Å². The summed E-state index contributed by atoms with van der Waals surface area (Å²) in [7, 11) is 0. The monoisotopic (exact) mass is 217 g/mol. The Hall–Kier alpha value is -0.380. The molecule has 1 aromatic heterocycles. The van der Waals surface area contributed by atoms with E-state index in [0.29, 0.717) is 17.7 Å². The molecule has 2 nitrogen and oxygen atoms in total. The molecule has 72 valence electrons. The highest BCUT2D eigenvalue weighted by Gasteiger charge is 1.98. The van der Waals surface area contributed by atoms with Gasteiger partial charge in [-0.15, -0.1) is 17.9 Å². The minimum absolute atomic E-state index is 0.568. The molecule has 0 unspecified atom stereocenters. The van der Waals surface area contributed by atoms with E-state index in [9.17, 15) is 0 Å². The zero-order valence-electron chi connectivity index (χ0n) is 7.55. The molecule has 0 spiro atoms. The average Bonchev–Trinajstić information content (AvgIpc) is 2.45. The van der Waals surface area contributed by atoms with Gasteiger partial charge in [0.1, 0.15) is 0 Å². The van der Waals surface area contributed by atoms with E-state index in [0.717, 1.165) is 16.9 Å². The molecule has 0 radical (unpaired) electrons. The van der Waals surface area contributed by atoms with Crippen LogP contribution in [0.5, 0.6) is 0 Å². The molecule has 0 saturated carbocycles. The van der Waals surface area contributed by atoms with Crippen molar-refractivity contribution < 1.29 is 4.74 Å². The second-order valence-electron chi connectivity index (χ2n) is 2.84. The van der Waals surface area contributed by atoms with Gasteiger partial charge in [-0.1, -0.05) is 17.2 Å². The van der Waals surface area contributed by atoms with E-state index < -0.39 is 0 Å². The van der Waals surface area contributed by atoms with Crippen LogP contribution in [0, 0.1) is 0 Å². The van der Waals surface area contributed by atoms with Crippen LogP contribution < -0.4 is 0 Å². The Kier molecular flexibility index (Phi) is 4.42. The van der Waals surface area contributed by atoms with Gasteiger partial charge in [0.15, 0.2) is 4.47 Å². The van der Waals surface area contributed by atoms with Crippen molar-refractivity contribution in [1.29, 1.82) is 0 Å². The summed E-state index contributed by atoms with van der Waals surface area (Å²) in [6.07, 6.45) is 2.65. The lowest BCUT2D eigenvalue weighted by atomic mass is 10.3. The topological polar surface area (TPSA) is 22.1 Å². The highest BCUT2D eigenvalue weighted by molar-refractivity contribution is 7.15. The molecule has 0 atom stereocenters. The highest BCUT2D eigenvalue weighted by Crippen LogP contribution is 2.18. The molecular formula is C9H12ClNOS. The van der Waals surface area contributed by atoms with Gasteiger partial charge in [0.2, 0.25) is 0 Å². The van der Waals surface area contributed by atoms with E-state index in [1.807, 2.05) is 6.92 Å². The third-order valence-corrected chi connectivity index (χ3v) is 2.53. The van der Waals surface area contributed by atoms with Crippen molar-refractivity contribution in [1.82, 2.24) is 4.98 Å². The quantitative estimate of drug-likeness (QED) is 0.558. The Bertz CT molecular complexity index is 285. The number of nitrogens with zero attached hydrogens (tertiary/aromatic N) is 1. The van der Waals surface area contributed by atoms with E-state index >= 15 is 0 Å². The van der Waals surface area contributed by atoms with Crippen LogP contribution in [0.25, 0.3) is 0 Å². The first-order valence-electron chi connectivity index (χ1n) is 4.01. The van der Waals surface area contributed by atoms with Crippen LogP contribution in [0.4, 0.5) is 0 Å². The van der Waals surface area contributed by atoms with Crippen molar-refractivity contribution in [2.75, 3.05) is 6.61 Å². The summed E-state index contributed by atoms with van der Waals surface area (Å²) >= 11 is 7.11. The second kappa shape index (κ2) is 5.37. The Morgan fingerprint density at radius 1 is 1.77 bits per heavy atom. The van der Waals surface area contributed by atoms with Gasteiger partial charge < -0.3 is 4.74 Å². The van der Waals surface area contributed by atoms with Gasteiger partial charge >= 0.3 is 0 Å². The molecule has 0 saturated heterocycles. The van der Waals surface area contributed by atoms with Crippen LogP contribution in [0.3, 0.4) is 0 Å². The van der Waals surface area contributed by atoms with Crippen LogP contribution in [-0.4, -0.2) is 11.6 Å². The Balaban J connectivity index is 2.16. The van der Waals surface area contributed by atoms with Crippen molar-refractivity contribution in [2.45, 2.75) is 20.0 Å². The van der Waals surface area contributed by atoms with E-state index in [4.69, 9.17) is 16.3 Å². The number of hydrogen-bond donors (Lipinski definition) is 0. The molecule has 0 N–H and O–H groups in total. The average molecular weight is 218 g/mol. The maximum absolute atomic E-state index is 5.66. The first-order valence-corrected chi connectivity index (χ1v) is 5.20. The third kappa shape index (κ3) is 4.41. The van der Waals surface area contributed by atoms with Gasteiger partial charge in [0.05, 0.1) is 18.1 Å². The van der Waals surface area contributed by atoms with Crippen LogP contribution in [0.2, 0.25) is 4.47 Å². The van der Waals surface area contributed by atoms with E-state index in [1.54, 1.807) is 6.20 Å². The normalized spacial score (nSPS) is 10.3. The third-order valence-electron chi connectivity index (χ3n) is 1.44. The molecule has 1 aromatic rings. The molecule has 0 aromatic carbocycles. The molecule has 0 aliphatic heterocycles. The summed E-state index contributed by atoms with van der Waals surface area (Å²) in [5, 5.41) is 0. The summed E-state index contributed by atoms with van der Waals surface area (Å²) in [4.78, 5) is 4.98. The SMILES string of the molecule is C=C(C)CCOCc1cnc(Cl)s1. The van der Waals surface area contributed by atoms with E-state index in [1.165, 1.54) is 11.3 Å². The molecule has 0 amide bonds. The fraction of sp³-hybridized carbons (Fsp3) is 0.444. The van der Waals surface area contributed by atoms with Crippen molar-refractivity contribution in [3.8, 4) is 0 Å². The van der Waals surface area contributed by atoms with Gasteiger partial charge in [-0.25, -0.2) is 4.98 Å². The fourth-order valence-corrected chi connectivity index (χ4v) is 1.69. The highest BCUT2D eigenvalue weighted by atomic mass is 35.5. The van der Waals surface area contributed by atoms with Crippen molar-refractivity contribution in [3.05, 3.63) is 27.7 Å².